The molecule has 0 aromatic heterocycles. The molecule has 2 atom stereocenters. The molecule has 136 valence electrons. The van der Waals surface area contributed by atoms with Crippen molar-refractivity contribution in [1.82, 2.24) is 9.80 Å². The first-order valence-electron chi connectivity index (χ1n) is 9.52. The lowest BCUT2D eigenvalue weighted by atomic mass is 9.94. The highest BCUT2D eigenvalue weighted by Gasteiger charge is 2.38. The summed E-state index contributed by atoms with van der Waals surface area (Å²) in [6.07, 6.45) is 3.15. The van der Waals surface area contributed by atoms with Crippen LogP contribution in [0, 0.1) is 0 Å². The highest BCUT2D eigenvalue weighted by atomic mass is 16.5. The fourth-order valence-corrected chi connectivity index (χ4v) is 3.91. The Balaban J connectivity index is 1.46. The van der Waals surface area contributed by atoms with Crippen LogP contribution in [0.15, 0.2) is 60.7 Å². The van der Waals surface area contributed by atoms with Crippen LogP contribution < -0.4 is 0 Å². The molecule has 0 saturated carbocycles. The van der Waals surface area contributed by atoms with Crippen LogP contribution in [0.4, 0.5) is 0 Å². The lowest BCUT2D eigenvalue weighted by Crippen LogP contribution is -2.52. The van der Waals surface area contributed by atoms with E-state index in [1.165, 1.54) is 11.1 Å². The number of hydrogen-bond donors (Lipinski definition) is 0. The third-order valence-electron chi connectivity index (χ3n) is 5.34. The lowest BCUT2D eigenvalue weighted by molar-refractivity contribution is -0.151. The first-order valence-corrected chi connectivity index (χ1v) is 9.52. The summed E-state index contributed by atoms with van der Waals surface area (Å²) in [5.74, 6) is 0.240. The summed E-state index contributed by atoms with van der Waals surface area (Å²) in [4.78, 5) is 16.7. The lowest BCUT2D eigenvalue weighted by Gasteiger charge is -2.44. The largest absolute Gasteiger partial charge is 0.377 e. The second kappa shape index (κ2) is 8.02. The van der Waals surface area contributed by atoms with Gasteiger partial charge in [0, 0.05) is 19.7 Å². The van der Waals surface area contributed by atoms with Crippen LogP contribution in [0.3, 0.4) is 0 Å². The highest BCUT2D eigenvalue weighted by molar-refractivity contribution is 5.83. The van der Waals surface area contributed by atoms with E-state index in [0.717, 1.165) is 32.5 Å². The molecule has 1 amide bonds. The van der Waals surface area contributed by atoms with Gasteiger partial charge in [-0.05, 0) is 24.0 Å². The third kappa shape index (κ3) is 3.97. The zero-order valence-corrected chi connectivity index (χ0v) is 15.1. The summed E-state index contributed by atoms with van der Waals surface area (Å²) in [7, 11) is 0. The molecule has 0 radical (unpaired) electrons. The Morgan fingerprint density at radius 1 is 1.04 bits per heavy atom. The molecule has 2 heterocycles. The normalized spacial score (nSPS) is 22.7. The molecule has 0 aliphatic carbocycles. The number of likely N-dealkylation sites (tertiary alicyclic amines) is 1. The first kappa shape index (κ1) is 17.3. The van der Waals surface area contributed by atoms with Gasteiger partial charge in [0.2, 0.25) is 5.91 Å². The molecule has 2 aliphatic heterocycles. The molecule has 0 N–H and O–H groups in total. The molecule has 4 heteroatoms. The van der Waals surface area contributed by atoms with Crippen molar-refractivity contribution in [3.8, 4) is 0 Å². The summed E-state index contributed by atoms with van der Waals surface area (Å²) >= 11 is 0. The van der Waals surface area contributed by atoms with Crippen molar-refractivity contribution in [2.75, 3.05) is 19.8 Å². The molecule has 0 bridgehead atoms. The van der Waals surface area contributed by atoms with E-state index in [0.29, 0.717) is 13.1 Å². The fourth-order valence-electron chi connectivity index (χ4n) is 3.91. The van der Waals surface area contributed by atoms with Crippen molar-refractivity contribution in [2.24, 2.45) is 0 Å². The predicted octanol–water partition coefficient (Wildman–Crippen LogP) is 3.60. The molecule has 26 heavy (non-hydrogen) atoms. The van der Waals surface area contributed by atoms with E-state index < -0.39 is 0 Å². The van der Waals surface area contributed by atoms with Crippen LogP contribution >= 0.6 is 0 Å². The molecule has 4 nitrogen and oxygen atoms in total. The van der Waals surface area contributed by atoms with Gasteiger partial charge in [0.05, 0.1) is 25.2 Å². The topological polar surface area (TPSA) is 32.8 Å². The molecule has 2 fully saturated rings. The minimum atomic E-state index is 0.200. The Kier molecular flexibility index (Phi) is 5.32. The number of amides is 1. The Bertz CT molecular complexity index is 713. The van der Waals surface area contributed by atoms with Crippen molar-refractivity contribution in [1.29, 1.82) is 0 Å². The zero-order valence-electron chi connectivity index (χ0n) is 15.1. The summed E-state index contributed by atoms with van der Waals surface area (Å²) in [6.45, 7) is 3.23. The van der Waals surface area contributed by atoms with Crippen LogP contribution in [0.25, 0.3) is 0 Å². The van der Waals surface area contributed by atoms with Crippen molar-refractivity contribution in [3.05, 3.63) is 71.8 Å². The molecular weight excluding hydrogens is 324 g/mol. The van der Waals surface area contributed by atoms with Gasteiger partial charge in [-0.2, -0.15) is 0 Å². The van der Waals surface area contributed by atoms with Crippen LogP contribution in [0.2, 0.25) is 0 Å². The number of rotatable bonds is 7. The van der Waals surface area contributed by atoms with Gasteiger partial charge < -0.3 is 9.64 Å². The molecule has 2 aliphatic rings. The monoisotopic (exact) mass is 350 g/mol. The average Bonchev–Trinajstić information content (AvgIpc) is 3.18. The number of benzene rings is 2. The first-order chi connectivity index (χ1) is 12.8. The van der Waals surface area contributed by atoms with Gasteiger partial charge in [0.25, 0.3) is 0 Å². The Labute approximate surface area is 155 Å². The Morgan fingerprint density at radius 2 is 1.77 bits per heavy atom. The molecule has 0 spiro atoms. The second-order valence-corrected chi connectivity index (χ2v) is 7.27. The minimum absolute atomic E-state index is 0.200. The summed E-state index contributed by atoms with van der Waals surface area (Å²) in [5, 5.41) is 0. The number of ether oxygens (including phenoxy) is 1. The molecule has 4 rings (SSSR count). The number of carbonyl (C=O) groups is 1. The van der Waals surface area contributed by atoms with Gasteiger partial charge in [-0.15, -0.1) is 0 Å². The molecule has 2 saturated heterocycles. The maximum Gasteiger partial charge on any atom is 0.226 e. The minimum Gasteiger partial charge on any atom is -0.377 e. The smallest absolute Gasteiger partial charge is 0.226 e. The average molecular weight is 350 g/mol. The Hall–Kier alpha value is -2.17. The number of carbonyl (C=O) groups excluding carboxylic acids is 1. The van der Waals surface area contributed by atoms with Crippen LogP contribution in [-0.4, -0.2) is 41.6 Å². The van der Waals surface area contributed by atoms with E-state index in [4.69, 9.17) is 4.74 Å². The number of nitrogens with zero attached hydrogens (tertiary/aromatic N) is 2. The summed E-state index contributed by atoms with van der Waals surface area (Å²) in [5.41, 5.74) is 2.50. The molecule has 2 aromatic carbocycles. The SMILES string of the molecule is O=C1C[C@@H](c2ccccc2)N1CN(Cc1ccccc1)C[C@@H]1CCCO1. The van der Waals surface area contributed by atoms with Gasteiger partial charge in [-0.25, -0.2) is 0 Å². The van der Waals surface area contributed by atoms with Gasteiger partial charge in [0.15, 0.2) is 0 Å². The van der Waals surface area contributed by atoms with Crippen LogP contribution in [0.1, 0.15) is 36.4 Å². The highest BCUT2D eigenvalue weighted by Crippen LogP contribution is 2.34. The van der Waals surface area contributed by atoms with E-state index in [-0.39, 0.29) is 18.1 Å². The third-order valence-corrected chi connectivity index (χ3v) is 5.34. The number of β-lactam (4-membered cyclic amide) rings is 1. The van der Waals surface area contributed by atoms with Gasteiger partial charge >= 0.3 is 0 Å². The quantitative estimate of drug-likeness (QED) is 0.715. The predicted molar refractivity (Wildman–Crippen MR) is 101 cm³/mol. The maximum absolute atomic E-state index is 12.3. The van der Waals surface area contributed by atoms with E-state index in [2.05, 4.69) is 41.3 Å². The maximum atomic E-state index is 12.3. The summed E-state index contributed by atoms with van der Waals surface area (Å²) in [6, 6.07) is 21.0. The van der Waals surface area contributed by atoms with E-state index >= 15 is 0 Å². The van der Waals surface area contributed by atoms with Crippen molar-refractivity contribution in [3.63, 3.8) is 0 Å². The van der Waals surface area contributed by atoms with Gasteiger partial charge in [0.1, 0.15) is 0 Å². The molecule has 2 aromatic rings. The zero-order chi connectivity index (χ0) is 17.8. The summed E-state index contributed by atoms with van der Waals surface area (Å²) < 4.78 is 5.85. The second-order valence-electron chi connectivity index (χ2n) is 7.27. The van der Waals surface area contributed by atoms with E-state index in [1.807, 2.05) is 29.2 Å². The standard InChI is InChI=1S/C22H26N2O2/c25-22-14-21(19-10-5-2-6-11-19)24(22)17-23(16-20-12-7-13-26-20)15-18-8-3-1-4-9-18/h1-6,8-11,20-21H,7,12-17H2/t20-,21-/m0/s1. The molecule has 0 unspecified atom stereocenters. The van der Waals surface area contributed by atoms with Crippen molar-refractivity contribution in [2.45, 2.75) is 38.0 Å². The van der Waals surface area contributed by atoms with Crippen LogP contribution in [-0.2, 0) is 16.1 Å². The van der Waals surface area contributed by atoms with Crippen molar-refractivity contribution >= 4 is 5.91 Å². The molecular formula is C22H26N2O2. The van der Waals surface area contributed by atoms with E-state index in [1.54, 1.807) is 0 Å². The fraction of sp³-hybridized carbons (Fsp3) is 0.409. The number of hydrogen-bond acceptors (Lipinski definition) is 3. The van der Waals surface area contributed by atoms with Crippen LogP contribution in [0.5, 0.6) is 0 Å². The van der Waals surface area contributed by atoms with Crippen molar-refractivity contribution < 1.29 is 9.53 Å². The van der Waals surface area contributed by atoms with Gasteiger partial charge in [-0.3, -0.25) is 9.69 Å². The van der Waals surface area contributed by atoms with Gasteiger partial charge in [-0.1, -0.05) is 60.7 Å². The Morgan fingerprint density at radius 3 is 2.42 bits per heavy atom. The van der Waals surface area contributed by atoms with E-state index in [9.17, 15) is 4.79 Å².